The van der Waals surface area contributed by atoms with Crippen molar-refractivity contribution in [2.75, 3.05) is 19.0 Å². The highest BCUT2D eigenvalue weighted by Crippen LogP contribution is 2.36. The Balaban J connectivity index is 1.60. The minimum Gasteiger partial charge on any atom is -0.494 e. The maximum Gasteiger partial charge on any atom is 0.274 e. The Morgan fingerprint density at radius 1 is 1.43 bits per heavy atom. The second-order valence-electron chi connectivity index (χ2n) is 6.47. The molecule has 0 bridgehead atoms. The van der Waals surface area contributed by atoms with E-state index in [1.807, 2.05) is 0 Å². The fourth-order valence-electron chi connectivity index (χ4n) is 3.30. The first-order valence-corrected chi connectivity index (χ1v) is 11.9. The lowest BCUT2D eigenvalue weighted by atomic mass is 10.2. The van der Waals surface area contributed by atoms with Crippen molar-refractivity contribution in [1.82, 2.24) is 9.29 Å². The summed E-state index contributed by atoms with van der Waals surface area (Å²) in [6.45, 7) is 0.262. The van der Waals surface area contributed by atoms with E-state index in [1.165, 1.54) is 29.6 Å². The first kappa shape index (κ1) is 20.7. The highest BCUT2D eigenvalue weighted by Gasteiger charge is 2.40. The normalized spacial score (nSPS) is 17.3. The van der Waals surface area contributed by atoms with Crippen LogP contribution < -0.4 is 10.1 Å². The van der Waals surface area contributed by atoms with Crippen LogP contribution in [-0.4, -0.2) is 48.2 Å². The van der Waals surface area contributed by atoms with E-state index in [-0.39, 0.29) is 27.3 Å². The van der Waals surface area contributed by atoms with E-state index in [4.69, 9.17) is 4.74 Å². The van der Waals surface area contributed by atoms with Crippen LogP contribution in [0.25, 0.3) is 10.2 Å². The molecule has 1 aliphatic heterocycles. The predicted octanol–water partition coefficient (Wildman–Crippen LogP) is 3.07. The van der Waals surface area contributed by atoms with E-state index in [1.54, 1.807) is 11.4 Å². The maximum atomic E-state index is 12.9. The number of thiophene rings is 1. The summed E-state index contributed by atoms with van der Waals surface area (Å²) >= 11 is 2.16. The molecule has 1 saturated heterocycles. The lowest BCUT2D eigenvalue weighted by Gasteiger charge is -2.22. The molecular formula is C17H16N4O6S3. The van der Waals surface area contributed by atoms with E-state index >= 15 is 0 Å². The molecular weight excluding hydrogens is 452 g/mol. The molecule has 1 fully saturated rings. The highest BCUT2D eigenvalue weighted by atomic mass is 32.2. The van der Waals surface area contributed by atoms with Gasteiger partial charge in [-0.1, -0.05) is 17.4 Å². The lowest BCUT2D eigenvalue weighted by Crippen LogP contribution is -2.42. The number of carbonyl (C=O) groups excluding carboxylic acids is 1. The van der Waals surface area contributed by atoms with Crippen molar-refractivity contribution >= 4 is 59.6 Å². The fourth-order valence-corrected chi connectivity index (χ4v) is 7.00. The van der Waals surface area contributed by atoms with Gasteiger partial charge in [-0.15, -0.1) is 11.3 Å². The average molecular weight is 469 g/mol. The number of methoxy groups -OCH3 is 1. The van der Waals surface area contributed by atoms with Gasteiger partial charge in [0.1, 0.15) is 15.8 Å². The Labute approximate surface area is 179 Å². The molecule has 158 valence electrons. The van der Waals surface area contributed by atoms with Crippen LogP contribution in [-0.2, 0) is 14.8 Å². The average Bonchev–Trinajstić information content (AvgIpc) is 3.46. The molecule has 0 saturated carbocycles. The van der Waals surface area contributed by atoms with E-state index in [0.29, 0.717) is 23.1 Å². The molecule has 4 rings (SSSR count). The molecule has 30 heavy (non-hydrogen) atoms. The SMILES string of the molecule is COc1cc([N+](=O)[O-])cc2sc(NC(=O)C3CCCN3S(=O)(=O)c3cccs3)nc12. The minimum atomic E-state index is -3.75. The highest BCUT2D eigenvalue weighted by molar-refractivity contribution is 7.91. The zero-order chi connectivity index (χ0) is 21.5. The molecule has 2 aromatic heterocycles. The van der Waals surface area contributed by atoms with Gasteiger partial charge in [0, 0.05) is 12.6 Å². The molecule has 10 nitrogen and oxygen atoms in total. The number of rotatable bonds is 6. The summed E-state index contributed by atoms with van der Waals surface area (Å²) in [6, 6.07) is 4.94. The molecule has 13 heteroatoms. The van der Waals surface area contributed by atoms with Crippen LogP contribution in [0.3, 0.4) is 0 Å². The number of hydrogen-bond donors (Lipinski definition) is 1. The Bertz CT molecular complexity index is 1220. The van der Waals surface area contributed by atoms with Crippen molar-refractivity contribution in [2.45, 2.75) is 23.1 Å². The van der Waals surface area contributed by atoms with Gasteiger partial charge in [0.2, 0.25) is 5.91 Å². The third-order valence-electron chi connectivity index (χ3n) is 4.67. The number of nitrogens with zero attached hydrogens (tertiary/aromatic N) is 3. The van der Waals surface area contributed by atoms with Gasteiger partial charge in [-0.25, -0.2) is 13.4 Å². The number of nitro groups is 1. The Hall–Kier alpha value is -2.61. The van der Waals surface area contributed by atoms with Crippen LogP contribution in [0.4, 0.5) is 10.8 Å². The number of sulfonamides is 1. The molecule has 3 heterocycles. The largest absolute Gasteiger partial charge is 0.494 e. The number of benzene rings is 1. The number of ether oxygens (including phenoxy) is 1. The summed E-state index contributed by atoms with van der Waals surface area (Å²) in [5.74, 6) is -0.265. The van der Waals surface area contributed by atoms with Gasteiger partial charge in [-0.3, -0.25) is 14.9 Å². The van der Waals surface area contributed by atoms with E-state index in [9.17, 15) is 23.3 Å². The van der Waals surface area contributed by atoms with Crippen molar-refractivity contribution in [1.29, 1.82) is 0 Å². The van der Waals surface area contributed by atoms with Crippen molar-refractivity contribution in [3.63, 3.8) is 0 Å². The zero-order valence-electron chi connectivity index (χ0n) is 15.6. The first-order valence-electron chi connectivity index (χ1n) is 8.80. The Morgan fingerprint density at radius 3 is 2.90 bits per heavy atom. The summed E-state index contributed by atoms with van der Waals surface area (Å²) in [6.07, 6.45) is 0.971. The van der Waals surface area contributed by atoms with Crippen LogP contribution in [0.2, 0.25) is 0 Å². The number of hydrogen-bond acceptors (Lipinski definition) is 9. The third-order valence-corrected chi connectivity index (χ3v) is 8.87. The van der Waals surface area contributed by atoms with E-state index in [2.05, 4.69) is 10.3 Å². The number of amides is 1. The summed E-state index contributed by atoms with van der Waals surface area (Å²) in [7, 11) is -2.38. The fraction of sp³-hybridized carbons (Fsp3) is 0.294. The summed E-state index contributed by atoms with van der Waals surface area (Å²) in [5.41, 5.74) is 0.239. The smallest absolute Gasteiger partial charge is 0.274 e. The van der Waals surface area contributed by atoms with Crippen LogP contribution in [0.5, 0.6) is 5.75 Å². The minimum absolute atomic E-state index is 0.148. The van der Waals surface area contributed by atoms with Crippen LogP contribution in [0, 0.1) is 10.1 Å². The number of fused-ring (bicyclic) bond motifs is 1. The van der Waals surface area contributed by atoms with Gasteiger partial charge in [0.05, 0.1) is 22.8 Å². The number of non-ortho nitro benzene ring substituents is 1. The molecule has 3 aromatic rings. The molecule has 1 N–H and O–H groups in total. The van der Waals surface area contributed by atoms with Gasteiger partial charge in [-0.05, 0) is 24.3 Å². The maximum absolute atomic E-state index is 12.9. The van der Waals surface area contributed by atoms with Gasteiger partial charge in [0.25, 0.3) is 15.7 Å². The molecule has 0 radical (unpaired) electrons. The van der Waals surface area contributed by atoms with Gasteiger partial charge < -0.3 is 10.1 Å². The molecule has 0 spiro atoms. The number of nitro benzene ring substituents is 1. The van der Waals surface area contributed by atoms with Gasteiger partial charge in [-0.2, -0.15) is 4.31 Å². The number of thiazole rings is 1. The second kappa shape index (κ2) is 7.91. The number of aromatic nitrogens is 1. The monoisotopic (exact) mass is 468 g/mol. The standard InChI is InChI=1S/C17H16N4O6S3/c1-27-12-8-10(21(23)24)9-13-15(12)18-17(29-13)19-16(22)11-4-2-6-20(11)30(25,26)14-5-3-7-28-14/h3,5,7-9,11H,2,4,6H2,1H3,(H,18,19,22). The molecule has 1 amide bonds. The van der Waals surface area contributed by atoms with E-state index < -0.39 is 26.9 Å². The third kappa shape index (κ3) is 3.64. The van der Waals surface area contributed by atoms with Crippen molar-refractivity contribution in [3.05, 3.63) is 39.8 Å². The lowest BCUT2D eigenvalue weighted by molar-refractivity contribution is -0.384. The first-order chi connectivity index (χ1) is 14.3. The summed E-state index contributed by atoms with van der Waals surface area (Å²) in [5, 5.41) is 15.7. The van der Waals surface area contributed by atoms with E-state index in [0.717, 1.165) is 22.7 Å². The van der Waals surface area contributed by atoms with Crippen molar-refractivity contribution in [2.24, 2.45) is 0 Å². The number of nitrogens with one attached hydrogen (secondary N) is 1. The van der Waals surface area contributed by atoms with Crippen molar-refractivity contribution in [3.8, 4) is 5.75 Å². The summed E-state index contributed by atoms with van der Waals surface area (Å²) in [4.78, 5) is 27.7. The molecule has 0 aliphatic carbocycles. The zero-order valence-corrected chi connectivity index (χ0v) is 18.1. The number of carbonyl (C=O) groups is 1. The van der Waals surface area contributed by atoms with Crippen LogP contribution in [0.1, 0.15) is 12.8 Å². The quantitative estimate of drug-likeness (QED) is 0.434. The van der Waals surface area contributed by atoms with Crippen molar-refractivity contribution < 1.29 is 22.9 Å². The molecule has 1 unspecified atom stereocenters. The Kier molecular flexibility index (Phi) is 5.44. The van der Waals surface area contributed by atoms with Crippen LogP contribution in [0.15, 0.2) is 33.9 Å². The second-order valence-corrected chi connectivity index (χ2v) is 10.6. The molecule has 1 atom stereocenters. The van der Waals surface area contributed by atoms with Gasteiger partial charge >= 0.3 is 0 Å². The summed E-state index contributed by atoms with van der Waals surface area (Å²) < 4.78 is 32.8. The predicted molar refractivity (Wildman–Crippen MR) is 113 cm³/mol. The number of anilines is 1. The Morgan fingerprint density at radius 2 is 2.23 bits per heavy atom. The van der Waals surface area contributed by atoms with Gasteiger partial charge in [0.15, 0.2) is 10.9 Å². The topological polar surface area (TPSA) is 132 Å². The molecule has 1 aliphatic rings. The van der Waals surface area contributed by atoms with Crippen LogP contribution >= 0.6 is 22.7 Å². The molecule has 1 aromatic carbocycles.